The number of aryl methyl sites for hydroxylation is 1. The van der Waals surface area contributed by atoms with Crippen LogP contribution in [-0.2, 0) is 0 Å². The Bertz CT molecular complexity index is 465. The number of aromatic nitrogens is 1. The van der Waals surface area contributed by atoms with E-state index in [4.69, 9.17) is 4.42 Å². The van der Waals surface area contributed by atoms with Gasteiger partial charge in [0.25, 0.3) is 0 Å². The Morgan fingerprint density at radius 3 is 2.50 bits per heavy atom. The Hall–Kier alpha value is -0.610. The van der Waals surface area contributed by atoms with Gasteiger partial charge in [-0.2, -0.15) is 0 Å². The number of nitrogens with zero attached hydrogens (tertiary/aromatic N) is 1. The molecule has 0 fully saturated rings. The third-order valence-electron chi connectivity index (χ3n) is 1.82. The highest BCUT2D eigenvalue weighted by Gasteiger charge is 2.12. The zero-order valence-electron chi connectivity index (χ0n) is 7.42. The fourth-order valence-corrected chi connectivity index (χ4v) is 2.23. The summed E-state index contributed by atoms with van der Waals surface area (Å²) in [5, 5.41) is 0. The predicted molar refractivity (Wildman–Crippen MR) is 62.1 cm³/mol. The lowest BCUT2D eigenvalue weighted by Gasteiger charge is -1.99. The molecule has 2 nitrogen and oxygen atoms in total. The van der Waals surface area contributed by atoms with Crippen LogP contribution in [0.1, 0.15) is 5.89 Å². The van der Waals surface area contributed by atoms with Crippen molar-refractivity contribution in [1.29, 1.82) is 0 Å². The molecule has 0 N–H and O–H groups in total. The van der Waals surface area contributed by atoms with Crippen molar-refractivity contribution >= 4 is 31.9 Å². The summed E-state index contributed by atoms with van der Waals surface area (Å²) in [6.07, 6.45) is 0. The van der Waals surface area contributed by atoms with Crippen LogP contribution in [0, 0.1) is 6.92 Å². The predicted octanol–water partition coefficient (Wildman–Crippen LogP) is 4.18. The Kier molecular flexibility index (Phi) is 2.74. The van der Waals surface area contributed by atoms with Crippen LogP contribution in [0.3, 0.4) is 0 Å². The van der Waals surface area contributed by atoms with Crippen LogP contribution < -0.4 is 0 Å². The molecule has 4 heteroatoms. The molecule has 0 aliphatic carbocycles. The van der Waals surface area contributed by atoms with Crippen molar-refractivity contribution in [3.63, 3.8) is 0 Å². The van der Waals surface area contributed by atoms with Gasteiger partial charge in [0.2, 0.25) is 0 Å². The van der Waals surface area contributed by atoms with E-state index in [0.29, 0.717) is 10.6 Å². The summed E-state index contributed by atoms with van der Waals surface area (Å²) in [7, 11) is 0. The zero-order chi connectivity index (χ0) is 10.1. The first-order valence-corrected chi connectivity index (χ1v) is 5.65. The fourth-order valence-electron chi connectivity index (χ4n) is 1.22. The van der Waals surface area contributed by atoms with E-state index in [1.54, 1.807) is 0 Å². The van der Waals surface area contributed by atoms with Crippen molar-refractivity contribution in [3.05, 3.63) is 39.3 Å². The molecule has 2 rings (SSSR count). The first-order valence-electron chi connectivity index (χ1n) is 4.06. The first-order chi connectivity index (χ1) is 6.68. The highest BCUT2D eigenvalue weighted by atomic mass is 79.9. The first kappa shape index (κ1) is 9.93. The summed E-state index contributed by atoms with van der Waals surface area (Å²) >= 11 is 6.81. The molecule has 0 aliphatic rings. The summed E-state index contributed by atoms with van der Waals surface area (Å²) in [4.78, 5) is 4.30. The number of halogens is 2. The molecule has 1 heterocycles. The standard InChI is InChI=1S/C10H7Br2NO/c1-6-13-9(10(12)14-6)7-4-2-3-5-8(7)11/h2-5H,1H3. The molecular formula is C10H7Br2NO. The molecule has 0 unspecified atom stereocenters. The van der Waals surface area contributed by atoms with Gasteiger partial charge >= 0.3 is 0 Å². The Morgan fingerprint density at radius 2 is 1.93 bits per heavy atom. The number of oxazole rings is 1. The van der Waals surface area contributed by atoms with Crippen molar-refractivity contribution in [2.45, 2.75) is 6.92 Å². The fraction of sp³-hybridized carbons (Fsp3) is 0.100. The maximum Gasteiger partial charge on any atom is 0.197 e. The van der Waals surface area contributed by atoms with Gasteiger partial charge in [-0.3, -0.25) is 0 Å². The van der Waals surface area contributed by atoms with Crippen LogP contribution in [0.2, 0.25) is 0 Å². The molecule has 1 aromatic carbocycles. The van der Waals surface area contributed by atoms with Crippen molar-refractivity contribution < 1.29 is 4.42 Å². The van der Waals surface area contributed by atoms with Crippen LogP contribution >= 0.6 is 31.9 Å². The SMILES string of the molecule is Cc1nc(-c2ccccc2Br)c(Br)o1. The van der Waals surface area contributed by atoms with E-state index < -0.39 is 0 Å². The maximum atomic E-state index is 5.31. The van der Waals surface area contributed by atoms with Crippen LogP contribution in [0.15, 0.2) is 37.8 Å². The second-order valence-electron chi connectivity index (χ2n) is 2.84. The van der Waals surface area contributed by atoms with E-state index in [0.717, 1.165) is 15.7 Å². The average Bonchev–Trinajstić information content (AvgIpc) is 2.46. The van der Waals surface area contributed by atoms with Gasteiger partial charge in [-0.1, -0.05) is 34.1 Å². The van der Waals surface area contributed by atoms with Gasteiger partial charge < -0.3 is 4.42 Å². The lowest BCUT2D eigenvalue weighted by atomic mass is 10.2. The molecule has 14 heavy (non-hydrogen) atoms. The average molecular weight is 317 g/mol. The molecule has 0 saturated heterocycles. The normalized spacial score (nSPS) is 10.5. The van der Waals surface area contributed by atoms with E-state index in [9.17, 15) is 0 Å². The van der Waals surface area contributed by atoms with Gasteiger partial charge in [0.05, 0.1) is 0 Å². The lowest BCUT2D eigenvalue weighted by molar-refractivity contribution is 0.500. The van der Waals surface area contributed by atoms with E-state index in [1.165, 1.54) is 0 Å². The Labute approximate surface area is 98.6 Å². The molecule has 0 spiro atoms. The summed E-state index contributed by atoms with van der Waals surface area (Å²) < 4.78 is 6.99. The Morgan fingerprint density at radius 1 is 1.21 bits per heavy atom. The largest absolute Gasteiger partial charge is 0.434 e. The minimum Gasteiger partial charge on any atom is -0.434 e. The molecule has 0 aliphatic heterocycles. The molecule has 0 bridgehead atoms. The number of hydrogen-bond acceptors (Lipinski definition) is 2. The Balaban J connectivity index is 2.60. The smallest absolute Gasteiger partial charge is 0.197 e. The summed E-state index contributed by atoms with van der Waals surface area (Å²) in [6.45, 7) is 1.82. The minimum absolute atomic E-state index is 0.655. The summed E-state index contributed by atoms with van der Waals surface area (Å²) in [6, 6.07) is 7.91. The van der Waals surface area contributed by atoms with Gasteiger partial charge in [0.15, 0.2) is 10.6 Å². The molecule has 0 radical (unpaired) electrons. The monoisotopic (exact) mass is 315 g/mol. The third kappa shape index (κ3) is 1.77. The lowest BCUT2D eigenvalue weighted by Crippen LogP contribution is -1.80. The van der Waals surface area contributed by atoms with E-state index in [1.807, 2.05) is 31.2 Å². The molecule has 1 aromatic heterocycles. The van der Waals surface area contributed by atoms with Crippen molar-refractivity contribution in [1.82, 2.24) is 4.98 Å². The third-order valence-corrected chi connectivity index (χ3v) is 3.05. The number of hydrogen-bond donors (Lipinski definition) is 0. The molecule has 72 valence electrons. The molecule has 2 aromatic rings. The van der Waals surface area contributed by atoms with Gasteiger partial charge in [0.1, 0.15) is 5.69 Å². The number of rotatable bonds is 1. The second kappa shape index (κ2) is 3.87. The molecule has 0 amide bonds. The van der Waals surface area contributed by atoms with Crippen molar-refractivity contribution in [2.75, 3.05) is 0 Å². The minimum atomic E-state index is 0.655. The van der Waals surface area contributed by atoms with Crippen LogP contribution in [0.25, 0.3) is 11.3 Å². The van der Waals surface area contributed by atoms with Crippen molar-refractivity contribution in [2.24, 2.45) is 0 Å². The van der Waals surface area contributed by atoms with E-state index in [-0.39, 0.29) is 0 Å². The van der Waals surface area contributed by atoms with Crippen LogP contribution in [0.5, 0.6) is 0 Å². The second-order valence-corrected chi connectivity index (χ2v) is 4.41. The van der Waals surface area contributed by atoms with Gasteiger partial charge in [-0.25, -0.2) is 4.98 Å². The molecule has 0 atom stereocenters. The zero-order valence-corrected chi connectivity index (χ0v) is 10.6. The highest BCUT2D eigenvalue weighted by molar-refractivity contribution is 9.11. The van der Waals surface area contributed by atoms with Crippen molar-refractivity contribution in [3.8, 4) is 11.3 Å². The van der Waals surface area contributed by atoms with E-state index in [2.05, 4.69) is 36.8 Å². The summed E-state index contributed by atoms with van der Waals surface area (Å²) in [5.74, 6) is 0.655. The highest BCUT2D eigenvalue weighted by Crippen LogP contribution is 2.33. The topological polar surface area (TPSA) is 26.0 Å². The van der Waals surface area contributed by atoms with Crippen LogP contribution in [-0.4, -0.2) is 4.98 Å². The van der Waals surface area contributed by atoms with Gasteiger partial charge in [-0.15, -0.1) is 0 Å². The maximum absolute atomic E-state index is 5.31. The molecular weight excluding hydrogens is 310 g/mol. The van der Waals surface area contributed by atoms with Gasteiger partial charge in [-0.05, 0) is 22.0 Å². The molecule has 0 saturated carbocycles. The van der Waals surface area contributed by atoms with Crippen LogP contribution in [0.4, 0.5) is 0 Å². The quantitative estimate of drug-likeness (QED) is 0.789. The van der Waals surface area contributed by atoms with E-state index >= 15 is 0 Å². The number of benzene rings is 1. The van der Waals surface area contributed by atoms with Gasteiger partial charge in [0, 0.05) is 17.0 Å². The summed E-state index contributed by atoms with van der Waals surface area (Å²) in [5.41, 5.74) is 1.85.